The Hall–Kier alpha value is -1.36. The highest BCUT2D eigenvalue weighted by molar-refractivity contribution is 5.38. The minimum Gasteiger partial charge on any atom is -0.356 e. The fourth-order valence-electron chi connectivity index (χ4n) is 2.01. The molecule has 1 heterocycles. The van der Waals surface area contributed by atoms with Crippen LogP contribution in [0, 0.1) is 5.92 Å². The molecule has 1 saturated carbocycles. The van der Waals surface area contributed by atoms with Crippen LogP contribution in [0.1, 0.15) is 38.4 Å². The first-order chi connectivity index (χ1) is 8.63. The van der Waals surface area contributed by atoms with E-state index in [1.54, 1.807) is 6.07 Å². The van der Waals surface area contributed by atoms with E-state index in [2.05, 4.69) is 28.7 Å². The van der Waals surface area contributed by atoms with Crippen LogP contribution < -0.4 is 16.2 Å². The van der Waals surface area contributed by atoms with E-state index in [1.807, 2.05) is 0 Å². The van der Waals surface area contributed by atoms with Crippen molar-refractivity contribution >= 4 is 5.82 Å². The van der Waals surface area contributed by atoms with Gasteiger partial charge >= 0.3 is 0 Å². The summed E-state index contributed by atoms with van der Waals surface area (Å²) in [6, 6.07) is 1.58. The zero-order valence-corrected chi connectivity index (χ0v) is 11.1. The lowest BCUT2D eigenvalue weighted by Gasteiger charge is -2.25. The molecule has 18 heavy (non-hydrogen) atoms. The summed E-state index contributed by atoms with van der Waals surface area (Å²) in [6.07, 6.45) is 2.27. The number of rotatable bonds is 6. The maximum absolute atomic E-state index is 11.7. The lowest BCUT2D eigenvalue weighted by molar-refractivity contribution is 0.571. The van der Waals surface area contributed by atoms with Gasteiger partial charge in [0.25, 0.3) is 5.56 Å². The molecular formula is C13H22N4O. The normalized spacial score (nSPS) is 16.6. The third kappa shape index (κ3) is 3.10. The number of aromatic nitrogens is 2. The molecule has 1 fully saturated rings. The van der Waals surface area contributed by atoms with Crippen molar-refractivity contribution in [3.05, 3.63) is 22.2 Å². The summed E-state index contributed by atoms with van der Waals surface area (Å²) in [5.41, 5.74) is 5.60. The van der Waals surface area contributed by atoms with Gasteiger partial charge in [-0.15, -0.1) is 0 Å². The zero-order valence-electron chi connectivity index (χ0n) is 11.1. The van der Waals surface area contributed by atoms with Gasteiger partial charge in [-0.3, -0.25) is 4.79 Å². The first kappa shape index (κ1) is 13.1. The minimum absolute atomic E-state index is 0.0549. The summed E-state index contributed by atoms with van der Waals surface area (Å²) < 4.78 is 0. The van der Waals surface area contributed by atoms with Gasteiger partial charge in [-0.05, 0) is 32.2 Å². The number of anilines is 1. The Balaban J connectivity index is 2.21. The molecule has 0 saturated heterocycles. The zero-order chi connectivity index (χ0) is 13.1. The standard InChI is InChI=1S/C13H22N4O/c1-3-17(8-9(2)7-14)11-6-12(18)16-13(15-11)10-4-5-10/h6,9-10H,3-5,7-8,14H2,1-2H3,(H,15,16,18). The predicted octanol–water partition coefficient (Wildman–Crippen LogP) is 1.07. The van der Waals surface area contributed by atoms with Crippen molar-refractivity contribution in [3.8, 4) is 0 Å². The molecule has 1 unspecified atom stereocenters. The SMILES string of the molecule is CCN(CC(C)CN)c1cc(=O)[nH]c(C2CC2)n1. The second-order valence-corrected chi connectivity index (χ2v) is 5.14. The van der Waals surface area contributed by atoms with Crippen molar-refractivity contribution < 1.29 is 0 Å². The van der Waals surface area contributed by atoms with E-state index in [1.165, 1.54) is 0 Å². The molecule has 0 amide bonds. The molecule has 100 valence electrons. The average Bonchev–Trinajstić information content (AvgIpc) is 3.18. The Morgan fingerprint density at radius 3 is 2.89 bits per heavy atom. The van der Waals surface area contributed by atoms with E-state index >= 15 is 0 Å². The molecule has 2 rings (SSSR count). The topological polar surface area (TPSA) is 75.0 Å². The van der Waals surface area contributed by atoms with Gasteiger partial charge in [-0.1, -0.05) is 6.92 Å². The van der Waals surface area contributed by atoms with Gasteiger partial charge in [0.2, 0.25) is 0 Å². The summed E-state index contributed by atoms with van der Waals surface area (Å²) in [7, 11) is 0. The van der Waals surface area contributed by atoms with Gasteiger partial charge < -0.3 is 15.6 Å². The van der Waals surface area contributed by atoms with E-state index in [-0.39, 0.29) is 5.56 Å². The highest BCUT2D eigenvalue weighted by atomic mass is 16.1. The number of hydrogen-bond acceptors (Lipinski definition) is 4. The van der Waals surface area contributed by atoms with Gasteiger partial charge in [0.1, 0.15) is 11.6 Å². The van der Waals surface area contributed by atoms with Crippen molar-refractivity contribution in [2.24, 2.45) is 11.7 Å². The molecule has 0 aromatic carbocycles. The van der Waals surface area contributed by atoms with Crippen molar-refractivity contribution in [1.82, 2.24) is 9.97 Å². The molecule has 0 radical (unpaired) electrons. The number of nitrogens with two attached hydrogens (primary N) is 1. The lowest BCUT2D eigenvalue weighted by Crippen LogP contribution is -2.33. The first-order valence-corrected chi connectivity index (χ1v) is 6.70. The van der Waals surface area contributed by atoms with Crippen LogP contribution >= 0.6 is 0 Å². The minimum atomic E-state index is -0.0549. The Kier molecular flexibility index (Phi) is 4.01. The Bertz CT molecular complexity index is 453. The van der Waals surface area contributed by atoms with Crippen LogP contribution in [0.3, 0.4) is 0 Å². The van der Waals surface area contributed by atoms with Gasteiger partial charge in [0.05, 0.1) is 0 Å². The molecule has 0 aliphatic heterocycles. The maximum Gasteiger partial charge on any atom is 0.252 e. The van der Waals surface area contributed by atoms with E-state index in [0.29, 0.717) is 18.4 Å². The van der Waals surface area contributed by atoms with Gasteiger partial charge in [-0.2, -0.15) is 0 Å². The number of hydrogen-bond donors (Lipinski definition) is 2. The molecule has 5 nitrogen and oxygen atoms in total. The third-order valence-electron chi connectivity index (χ3n) is 3.35. The Morgan fingerprint density at radius 1 is 1.61 bits per heavy atom. The average molecular weight is 250 g/mol. The molecule has 1 aliphatic carbocycles. The van der Waals surface area contributed by atoms with Crippen LogP contribution in [0.2, 0.25) is 0 Å². The molecule has 0 bridgehead atoms. The molecule has 1 aliphatic rings. The molecule has 1 atom stereocenters. The third-order valence-corrected chi connectivity index (χ3v) is 3.35. The lowest BCUT2D eigenvalue weighted by atomic mass is 10.1. The first-order valence-electron chi connectivity index (χ1n) is 6.70. The second-order valence-electron chi connectivity index (χ2n) is 5.14. The van der Waals surface area contributed by atoms with Gasteiger partial charge in [0, 0.05) is 25.1 Å². The summed E-state index contributed by atoms with van der Waals surface area (Å²) in [6.45, 7) is 6.51. The largest absolute Gasteiger partial charge is 0.356 e. The molecular weight excluding hydrogens is 228 g/mol. The van der Waals surface area contributed by atoms with Gasteiger partial charge in [-0.25, -0.2) is 4.98 Å². The summed E-state index contributed by atoms with van der Waals surface area (Å²) in [5.74, 6) is 2.48. The fraction of sp³-hybridized carbons (Fsp3) is 0.692. The van der Waals surface area contributed by atoms with Crippen LogP contribution in [0.4, 0.5) is 5.82 Å². The predicted molar refractivity (Wildman–Crippen MR) is 72.9 cm³/mol. The number of nitrogens with one attached hydrogen (secondary N) is 1. The van der Waals surface area contributed by atoms with E-state index in [4.69, 9.17) is 5.73 Å². The quantitative estimate of drug-likeness (QED) is 0.792. The van der Waals surface area contributed by atoms with Crippen molar-refractivity contribution in [1.29, 1.82) is 0 Å². The van der Waals surface area contributed by atoms with Crippen LogP contribution in [-0.2, 0) is 0 Å². The van der Waals surface area contributed by atoms with Crippen molar-refractivity contribution in [2.75, 3.05) is 24.5 Å². The van der Waals surface area contributed by atoms with E-state index < -0.39 is 0 Å². The fourth-order valence-corrected chi connectivity index (χ4v) is 2.01. The smallest absolute Gasteiger partial charge is 0.252 e. The molecule has 3 N–H and O–H groups in total. The van der Waals surface area contributed by atoms with Crippen molar-refractivity contribution in [3.63, 3.8) is 0 Å². The number of aromatic amines is 1. The highest BCUT2D eigenvalue weighted by Crippen LogP contribution is 2.37. The maximum atomic E-state index is 11.7. The number of nitrogens with zero attached hydrogens (tertiary/aromatic N) is 2. The van der Waals surface area contributed by atoms with Crippen LogP contribution in [-0.4, -0.2) is 29.6 Å². The summed E-state index contributed by atoms with van der Waals surface area (Å²) >= 11 is 0. The Labute approximate surface area is 107 Å². The number of H-pyrrole nitrogens is 1. The summed E-state index contributed by atoms with van der Waals surface area (Å²) in [4.78, 5) is 21.2. The molecule has 0 spiro atoms. The van der Waals surface area contributed by atoms with E-state index in [9.17, 15) is 4.79 Å². The molecule has 1 aromatic rings. The molecule has 1 aromatic heterocycles. The highest BCUT2D eigenvalue weighted by Gasteiger charge is 2.27. The van der Waals surface area contributed by atoms with Gasteiger partial charge in [0.15, 0.2) is 0 Å². The van der Waals surface area contributed by atoms with Crippen LogP contribution in [0.5, 0.6) is 0 Å². The molecule has 5 heteroatoms. The van der Waals surface area contributed by atoms with Crippen LogP contribution in [0.25, 0.3) is 0 Å². The van der Waals surface area contributed by atoms with E-state index in [0.717, 1.165) is 37.6 Å². The van der Waals surface area contributed by atoms with Crippen LogP contribution in [0.15, 0.2) is 10.9 Å². The Morgan fingerprint density at radius 2 is 2.33 bits per heavy atom. The monoisotopic (exact) mass is 250 g/mol. The summed E-state index contributed by atoms with van der Waals surface area (Å²) in [5, 5.41) is 0. The second kappa shape index (κ2) is 5.52. The van der Waals surface area contributed by atoms with Crippen molar-refractivity contribution in [2.45, 2.75) is 32.6 Å².